The maximum Gasteiger partial charge on any atom is 0.329 e. The van der Waals surface area contributed by atoms with Crippen LogP contribution < -0.4 is 5.32 Å². The number of allylic oxidation sites excluding steroid dienone is 1. The summed E-state index contributed by atoms with van der Waals surface area (Å²) < 4.78 is 4.81. The molecule has 1 rings (SSSR count). The van der Waals surface area contributed by atoms with E-state index >= 15 is 0 Å². The highest BCUT2D eigenvalue weighted by Gasteiger charge is 2.21. The Hall–Kier alpha value is -2.32. The van der Waals surface area contributed by atoms with Crippen molar-refractivity contribution in [3.05, 3.63) is 47.5 Å². The van der Waals surface area contributed by atoms with E-state index in [0.717, 1.165) is 5.56 Å². The molecule has 0 aliphatic heterocycles. The highest BCUT2D eigenvalue weighted by molar-refractivity contribution is 6.30. The number of rotatable bonds is 9. The van der Waals surface area contributed by atoms with E-state index in [1.165, 1.54) is 0 Å². The van der Waals surface area contributed by atoms with Crippen molar-refractivity contribution < 1.29 is 14.3 Å². The summed E-state index contributed by atoms with van der Waals surface area (Å²) in [6, 6.07) is 8.23. The van der Waals surface area contributed by atoms with E-state index in [9.17, 15) is 9.59 Å². The Kier molecular flexibility index (Phi) is 8.48. The number of nitrogens with zero attached hydrogens (tertiary/aromatic N) is 1. The molecule has 23 heavy (non-hydrogen) atoms. The lowest BCUT2D eigenvalue weighted by Crippen LogP contribution is -2.42. The molecule has 0 spiro atoms. The first kappa shape index (κ1) is 18.7. The topological polar surface area (TPSA) is 79.2 Å². The molecule has 0 saturated carbocycles. The van der Waals surface area contributed by atoms with Crippen molar-refractivity contribution in [2.75, 3.05) is 6.61 Å². The van der Waals surface area contributed by atoms with Gasteiger partial charge in [-0.1, -0.05) is 29.8 Å². The normalized spacial score (nSPS) is 11.1. The van der Waals surface area contributed by atoms with Gasteiger partial charge < -0.3 is 10.1 Å². The van der Waals surface area contributed by atoms with Gasteiger partial charge >= 0.3 is 5.97 Å². The lowest BCUT2D eigenvalue weighted by molar-refractivity contribution is -0.146. The molecular formula is C17H19ClN2O3. The van der Waals surface area contributed by atoms with Crippen LogP contribution in [0.2, 0.25) is 5.02 Å². The Bertz CT molecular complexity index is 596. The molecule has 1 aromatic rings. The number of amides is 1. The van der Waals surface area contributed by atoms with Crippen molar-refractivity contribution >= 4 is 23.5 Å². The second kappa shape index (κ2) is 10.4. The average molecular weight is 335 g/mol. The Morgan fingerprint density at radius 1 is 1.48 bits per heavy atom. The fraction of sp³-hybridized carbons (Fsp3) is 0.353. The number of carbonyl (C=O) groups is 2. The SMILES string of the molecule is C=CCCC(=O)NC(CCc1cccc(Cl)c1)C(=O)OCC#N. The zero-order chi connectivity index (χ0) is 17.1. The van der Waals surface area contributed by atoms with Gasteiger partial charge in [0.1, 0.15) is 12.1 Å². The van der Waals surface area contributed by atoms with Crippen LogP contribution in [-0.2, 0) is 20.7 Å². The fourth-order valence-corrected chi connectivity index (χ4v) is 2.17. The number of benzene rings is 1. The molecule has 6 heteroatoms. The largest absolute Gasteiger partial charge is 0.449 e. The molecule has 0 heterocycles. The number of nitriles is 1. The Balaban J connectivity index is 2.66. The predicted molar refractivity (Wildman–Crippen MR) is 87.7 cm³/mol. The summed E-state index contributed by atoms with van der Waals surface area (Å²) in [4.78, 5) is 23.8. The Labute approximate surface area is 140 Å². The van der Waals surface area contributed by atoms with Crippen molar-refractivity contribution in [2.24, 2.45) is 0 Å². The van der Waals surface area contributed by atoms with E-state index in [2.05, 4.69) is 11.9 Å². The van der Waals surface area contributed by atoms with Crippen LogP contribution in [0.3, 0.4) is 0 Å². The van der Waals surface area contributed by atoms with Crippen LogP contribution in [-0.4, -0.2) is 24.5 Å². The summed E-state index contributed by atoms with van der Waals surface area (Å²) >= 11 is 5.93. The molecule has 1 aromatic carbocycles. The second-order valence-corrected chi connectivity index (χ2v) is 5.32. The van der Waals surface area contributed by atoms with E-state index in [-0.39, 0.29) is 18.9 Å². The monoisotopic (exact) mass is 334 g/mol. The van der Waals surface area contributed by atoms with E-state index < -0.39 is 12.0 Å². The number of carbonyl (C=O) groups excluding carboxylic acids is 2. The third-order valence-electron chi connectivity index (χ3n) is 3.08. The number of ether oxygens (including phenoxy) is 1. The van der Waals surface area contributed by atoms with Crippen LogP contribution in [0.25, 0.3) is 0 Å². The lowest BCUT2D eigenvalue weighted by Gasteiger charge is -2.17. The van der Waals surface area contributed by atoms with Crippen molar-refractivity contribution in [3.63, 3.8) is 0 Å². The first-order valence-electron chi connectivity index (χ1n) is 7.25. The molecule has 1 amide bonds. The van der Waals surface area contributed by atoms with Gasteiger partial charge in [0, 0.05) is 11.4 Å². The molecule has 1 atom stereocenters. The van der Waals surface area contributed by atoms with Gasteiger partial charge in [-0.05, 0) is 37.0 Å². The van der Waals surface area contributed by atoms with Crippen LogP contribution in [0.5, 0.6) is 0 Å². The van der Waals surface area contributed by atoms with E-state index in [1.54, 1.807) is 24.3 Å². The van der Waals surface area contributed by atoms with Crippen LogP contribution in [0.15, 0.2) is 36.9 Å². The maximum atomic E-state index is 12.0. The molecule has 0 fully saturated rings. The Morgan fingerprint density at radius 2 is 2.26 bits per heavy atom. The number of hydrogen-bond donors (Lipinski definition) is 1. The molecule has 122 valence electrons. The number of halogens is 1. The Morgan fingerprint density at radius 3 is 2.91 bits per heavy atom. The van der Waals surface area contributed by atoms with Crippen molar-refractivity contribution in [3.8, 4) is 6.07 Å². The van der Waals surface area contributed by atoms with E-state index in [1.807, 2.05) is 12.1 Å². The maximum absolute atomic E-state index is 12.0. The molecular weight excluding hydrogens is 316 g/mol. The zero-order valence-electron chi connectivity index (χ0n) is 12.8. The number of aryl methyl sites for hydroxylation is 1. The van der Waals surface area contributed by atoms with Gasteiger partial charge in [0.2, 0.25) is 5.91 Å². The van der Waals surface area contributed by atoms with Gasteiger partial charge in [0.25, 0.3) is 0 Å². The summed E-state index contributed by atoms with van der Waals surface area (Å²) in [5.74, 6) is -0.865. The molecule has 0 saturated heterocycles. The number of nitrogens with one attached hydrogen (secondary N) is 1. The summed E-state index contributed by atoms with van der Waals surface area (Å²) in [5, 5.41) is 11.7. The van der Waals surface area contributed by atoms with Crippen LogP contribution in [0.1, 0.15) is 24.8 Å². The lowest BCUT2D eigenvalue weighted by atomic mass is 10.0. The summed E-state index contributed by atoms with van der Waals surface area (Å²) in [6.07, 6.45) is 3.33. The molecule has 1 N–H and O–H groups in total. The van der Waals surface area contributed by atoms with Crippen molar-refractivity contribution in [1.82, 2.24) is 5.32 Å². The van der Waals surface area contributed by atoms with Gasteiger partial charge in [-0.2, -0.15) is 5.26 Å². The van der Waals surface area contributed by atoms with E-state index in [4.69, 9.17) is 21.6 Å². The minimum Gasteiger partial charge on any atom is -0.449 e. The third-order valence-corrected chi connectivity index (χ3v) is 3.32. The van der Waals surface area contributed by atoms with Crippen LogP contribution >= 0.6 is 11.6 Å². The highest BCUT2D eigenvalue weighted by Crippen LogP contribution is 2.13. The minimum atomic E-state index is -0.792. The zero-order valence-corrected chi connectivity index (χ0v) is 13.5. The second-order valence-electron chi connectivity index (χ2n) is 4.88. The molecule has 0 aliphatic carbocycles. The van der Waals surface area contributed by atoms with E-state index in [0.29, 0.717) is 24.3 Å². The number of hydrogen-bond acceptors (Lipinski definition) is 4. The quantitative estimate of drug-likeness (QED) is 0.556. The summed E-state index contributed by atoms with van der Waals surface area (Å²) in [6.45, 7) is 3.21. The first-order valence-corrected chi connectivity index (χ1v) is 7.63. The standard InChI is InChI=1S/C17H19ClN2O3/c1-2-3-7-16(21)20-15(17(22)23-11-10-19)9-8-13-5-4-6-14(18)12-13/h2,4-6,12,15H,1,3,7-9,11H2,(H,20,21). The smallest absolute Gasteiger partial charge is 0.329 e. The average Bonchev–Trinajstić information content (AvgIpc) is 2.54. The van der Waals surface area contributed by atoms with Crippen LogP contribution in [0, 0.1) is 11.3 Å². The molecule has 5 nitrogen and oxygen atoms in total. The van der Waals surface area contributed by atoms with Crippen LogP contribution in [0.4, 0.5) is 0 Å². The van der Waals surface area contributed by atoms with Gasteiger partial charge in [0.05, 0.1) is 0 Å². The molecule has 1 unspecified atom stereocenters. The summed E-state index contributed by atoms with van der Waals surface area (Å²) in [5.41, 5.74) is 0.955. The van der Waals surface area contributed by atoms with Crippen molar-refractivity contribution in [1.29, 1.82) is 5.26 Å². The van der Waals surface area contributed by atoms with Crippen molar-refractivity contribution in [2.45, 2.75) is 31.7 Å². The fourth-order valence-electron chi connectivity index (χ4n) is 1.96. The third kappa shape index (κ3) is 7.48. The van der Waals surface area contributed by atoms with Gasteiger partial charge in [-0.15, -0.1) is 6.58 Å². The molecule has 0 aliphatic rings. The molecule has 0 aromatic heterocycles. The van der Waals surface area contributed by atoms with Gasteiger partial charge in [-0.3, -0.25) is 4.79 Å². The highest BCUT2D eigenvalue weighted by atomic mass is 35.5. The predicted octanol–water partition coefficient (Wildman–Crippen LogP) is 2.79. The first-order chi connectivity index (χ1) is 11.1. The van der Waals surface area contributed by atoms with Gasteiger partial charge in [-0.25, -0.2) is 4.79 Å². The number of esters is 1. The van der Waals surface area contributed by atoms with Gasteiger partial charge in [0.15, 0.2) is 6.61 Å². The molecule has 0 bridgehead atoms. The molecule has 0 radical (unpaired) electrons. The minimum absolute atomic E-state index is 0.253. The summed E-state index contributed by atoms with van der Waals surface area (Å²) in [7, 11) is 0.